The molecule has 1 atom stereocenters. The average Bonchev–Trinajstić information content (AvgIpc) is 1.79. The minimum Gasteiger partial charge on any atom is -0.451 e. The summed E-state index contributed by atoms with van der Waals surface area (Å²) in [6, 6.07) is 0. The maximum absolute atomic E-state index is 6.01. The second-order valence-corrected chi connectivity index (χ2v) is 21.5. The molecule has 518 valence electrons. The molecule has 0 spiro atoms. The number of hydrogen-bond acceptors (Lipinski definition) is 26. The van der Waals surface area contributed by atoms with Crippen LogP contribution >= 0.6 is 45.9 Å². The van der Waals surface area contributed by atoms with E-state index in [9.17, 15) is 0 Å². The van der Waals surface area contributed by atoms with Crippen LogP contribution < -0.4 is 0 Å². The number of aromatic amines is 1. The van der Waals surface area contributed by atoms with Crippen molar-refractivity contribution in [3.8, 4) is 0 Å². The van der Waals surface area contributed by atoms with Gasteiger partial charge in [-0.2, -0.15) is 10.2 Å². The van der Waals surface area contributed by atoms with Gasteiger partial charge in [-0.25, -0.2) is 39.9 Å². The molecule has 10 aromatic heterocycles. The van der Waals surface area contributed by atoms with Gasteiger partial charge in [0.05, 0.1) is 128 Å². The van der Waals surface area contributed by atoms with Gasteiger partial charge in [-0.15, -0.1) is 22.7 Å². The van der Waals surface area contributed by atoms with Crippen molar-refractivity contribution in [3.63, 3.8) is 0 Å². The predicted molar refractivity (Wildman–Crippen MR) is 353 cm³/mol. The van der Waals surface area contributed by atoms with Crippen molar-refractivity contribution in [2.45, 2.75) is 121 Å². The monoisotopic (exact) mass is 1380 g/mol. The third-order valence-corrected chi connectivity index (χ3v) is 13.6. The molecule has 0 aliphatic rings. The molecular weight excluding hydrogens is 1290 g/mol. The first-order chi connectivity index (χ1) is 44.6. The fourth-order valence-corrected chi connectivity index (χ4v) is 8.79. The molecule has 0 radical (unpaired) electrons. The summed E-state index contributed by atoms with van der Waals surface area (Å²) in [6.07, 6.45) is 13.0. The molecule has 0 aliphatic carbocycles. The topological polar surface area (TPSA) is 304 Å². The summed E-state index contributed by atoms with van der Waals surface area (Å²) in [6.45, 7) is 20.3. The van der Waals surface area contributed by atoms with Gasteiger partial charge in [0.2, 0.25) is 0 Å². The Bertz CT molecular complexity index is 3110. The number of aromatic nitrogens is 14. The van der Waals surface area contributed by atoms with Gasteiger partial charge >= 0.3 is 0 Å². The number of nitrogens with zero attached hydrogens (tertiary/aromatic N) is 13. The molecule has 0 saturated carbocycles. The van der Waals surface area contributed by atoms with E-state index in [0.717, 1.165) is 84.7 Å². The second-order valence-electron chi connectivity index (χ2n) is 19.0. The van der Waals surface area contributed by atoms with E-state index in [4.69, 9.17) is 83.8 Å². The van der Waals surface area contributed by atoms with E-state index in [0.29, 0.717) is 81.5 Å². The first-order valence-electron chi connectivity index (χ1n) is 28.2. The van der Waals surface area contributed by atoms with Crippen LogP contribution in [0, 0.1) is 48.5 Å². The molecule has 0 amide bonds. The normalized spacial score (nSPS) is 10.4. The standard InChI is InChI=1S/C8H13ClN2O.C7H11ClN2O.2C7H11NO2.C6H10N2O.C6H9NOS.C5H8N2O.2C5H7NO2.C5H7NOS/c1-5-7(6(2)12-4)8(9)11(3)10-5;1-5-6(4-11-3)7(8)10(2)9-5;1-5-7(4-9-3)8-6(2)10-5;1-5-7(4-9-3)10-6(2)8-5;1-8-3-6(4-9-2)7-5-8;1-5-7-6(3-8-2)4-9-5;1-8-3-5-2-6-4-7-5;1-7-2-5-3-8-4-6-5;1-7-3-5-2-6-4-8-5;1-7-2-5-3-8-4-6-5/h6H,1-4H3;4H2,1-3H3;2*4H2,1-3H3;3,5H,4H2,1-2H3;4H,3H2,1-2H3;2,4H,3H2,1H3,(H,6,7);3-4H,2H2,1H3;2,4H,3H2,1H3;3-4H,2H2,1H3. The Balaban J connectivity index is 0.000000518. The molecule has 93 heavy (non-hydrogen) atoms. The largest absolute Gasteiger partial charge is 0.451 e. The molecule has 0 bridgehead atoms. The van der Waals surface area contributed by atoms with Gasteiger partial charge in [0.1, 0.15) is 52.7 Å². The fraction of sp³-hybridized carbons (Fsp3) is 0.508. The lowest BCUT2D eigenvalue weighted by Gasteiger charge is -2.08. The van der Waals surface area contributed by atoms with Crippen LogP contribution in [0.15, 0.2) is 84.2 Å². The van der Waals surface area contributed by atoms with Crippen LogP contribution in [0.25, 0.3) is 0 Å². The quantitative estimate of drug-likeness (QED) is 0.0741. The summed E-state index contributed by atoms with van der Waals surface area (Å²) >= 11 is 15.2. The lowest BCUT2D eigenvalue weighted by molar-refractivity contribution is 0.119. The molecule has 0 saturated heterocycles. The Morgan fingerprint density at radius 3 is 1.60 bits per heavy atom. The molecular formula is C61H94Cl2N14O14S2. The van der Waals surface area contributed by atoms with Crippen LogP contribution in [-0.2, 0) is 128 Å². The molecule has 0 fully saturated rings. The summed E-state index contributed by atoms with van der Waals surface area (Å²) in [5.41, 5.74) is 12.3. The Morgan fingerprint density at radius 1 is 0.570 bits per heavy atom. The van der Waals surface area contributed by atoms with E-state index in [1.807, 2.05) is 98.1 Å². The van der Waals surface area contributed by atoms with Crippen molar-refractivity contribution < 1.29 is 65.0 Å². The minimum absolute atomic E-state index is 0.00574. The molecule has 10 heterocycles. The highest BCUT2D eigenvalue weighted by molar-refractivity contribution is 7.09. The van der Waals surface area contributed by atoms with Gasteiger partial charge in [-0.3, -0.25) is 9.36 Å². The number of halogens is 2. The van der Waals surface area contributed by atoms with E-state index in [1.54, 1.807) is 140 Å². The fourth-order valence-electron chi connectivity index (χ4n) is 7.09. The Hall–Kier alpha value is -6.88. The average molecular weight is 1380 g/mol. The van der Waals surface area contributed by atoms with E-state index < -0.39 is 0 Å². The van der Waals surface area contributed by atoms with Crippen molar-refractivity contribution >= 4 is 45.9 Å². The molecule has 32 heteroatoms. The molecule has 28 nitrogen and oxygen atoms in total. The van der Waals surface area contributed by atoms with Crippen molar-refractivity contribution in [3.05, 3.63) is 173 Å². The van der Waals surface area contributed by atoms with Gasteiger partial charge in [-0.05, 0) is 41.5 Å². The minimum atomic E-state index is 0.00574. The SMILES string of the molecule is COC(C)c1c(C)nn(C)c1Cl.COCc1c(C)nn(C)c1Cl.COCc1cn(C)cn1.COCc1cnc[nH]1.COCc1cnco1.COCc1cocn1.COCc1csc(C)n1.COCc1cscn1.COCc1nc(C)oc1C.COCc1oc(C)nc1C. The van der Waals surface area contributed by atoms with E-state index in [-0.39, 0.29) is 6.10 Å². The summed E-state index contributed by atoms with van der Waals surface area (Å²) in [5.74, 6) is 3.82. The first-order valence-corrected chi connectivity index (χ1v) is 30.8. The molecule has 1 unspecified atom stereocenters. The lowest BCUT2D eigenvalue weighted by Crippen LogP contribution is -1.97. The summed E-state index contributed by atoms with van der Waals surface area (Å²) in [7, 11) is 22.0. The van der Waals surface area contributed by atoms with Crippen molar-refractivity contribution in [1.29, 1.82) is 0 Å². The Labute approximate surface area is 563 Å². The lowest BCUT2D eigenvalue weighted by atomic mass is 10.2. The predicted octanol–water partition coefficient (Wildman–Crippen LogP) is 12.1. The molecule has 0 aromatic carbocycles. The highest BCUT2D eigenvalue weighted by Crippen LogP contribution is 2.27. The third-order valence-electron chi connectivity index (χ3n) is 11.3. The van der Waals surface area contributed by atoms with Gasteiger partial charge in [0.25, 0.3) is 0 Å². The Kier molecular flexibility index (Phi) is 45.8. The number of aryl methyl sites for hydroxylation is 10. The Morgan fingerprint density at radius 2 is 1.17 bits per heavy atom. The van der Waals surface area contributed by atoms with E-state index in [1.165, 1.54) is 12.8 Å². The summed E-state index contributed by atoms with van der Waals surface area (Å²) in [4.78, 5) is 34.6. The number of oxazole rings is 4. The van der Waals surface area contributed by atoms with Gasteiger partial charge in [0, 0.05) is 134 Å². The number of nitrogens with one attached hydrogen (secondary N) is 1. The van der Waals surface area contributed by atoms with E-state index in [2.05, 4.69) is 59.5 Å². The van der Waals surface area contributed by atoms with Crippen LogP contribution in [0.3, 0.4) is 0 Å². The van der Waals surface area contributed by atoms with Crippen LogP contribution in [0.4, 0.5) is 0 Å². The van der Waals surface area contributed by atoms with Crippen LogP contribution in [-0.4, -0.2) is 140 Å². The maximum Gasteiger partial charge on any atom is 0.191 e. The zero-order valence-electron chi connectivity index (χ0n) is 57.4. The zero-order valence-corrected chi connectivity index (χ0v) is 60.5. The number of thiazole rings is 2. The number of ether oxygens (including phenoxy) is 10. The number of imidazole rings is 2. The molecule has 10 rings (SSSR count). The molecule has 10 aromatic rings. The maximum atomic E-state index is 6.01. The third kappa shape index (κ3) is 35.8. The van der Waals surface area contributed by atoms with Crippen LogP contribution in [0.2, 0.25) is 10.3 Å². The van der Waals surface area contributed by atoms with Crippen LogP contribution in [0.5, 0.6) is 0 Å². The van der Waals surface area contributed by atoms with Gasteiger partial charge in [-0.1, -0.05) is 23.2 Å². The van der Waals surface area contributed by atoms with Crippen molar-refractivity contribution in [1.82, 2.24) is 69.0 Å². The van der Waals surface area contributed by atoms with Crippen LogP contribution in [0.1, 0.15) is 109 Å². The molecule has 0 aliphatic heterocycles. The van der Waals surface area contributed by atoms with E-state index >= 15 is 0 Å². The number of hydrogen-bond donors (Lipinski definition) is 1. The second kappa shape index (κ2) is 50.6. The number of H-pyrrole nitrogens is 1. The highest BCUT2D eigenvalue weighted by Gasteiger charge is 2.17. The number of rotatable bonds is 20. The summed E-state index contributed by atoms with van der Waals surface area (Å²) < 4.78 is 73.9. The van der Waals surface area contributed by atoms with Gasteiger partial charge in [0.15, 0.2) is 30.3 Å². The number of methoxy groups -OCH3 is 10. The van der Waals surface area contributed by atoms with Crippen molar-refractivity contribution in [2.75, 3.05) is 71.1 Å². The molecule has 1 N–H and O–H groups in total. The zero-order chi connectivity index (χ0) is 69.5. The first kappa shape index (κ1) is 84.1. The summed E-state index contributed by atoms with van der Waals surface area (Å²) in [5, 5.41) is 14.7. The van der Waals surface area contributed by atoms with Crippen molar-refractivity contribution in [2.24, 2.45) is 21.1 Å². The smallest absolute Gasteiger partial charge is 0.191 e. The van der Waals surface area contributed by atoms with Gasteiger partial charge < -0.3 is 74.6 Å². The highest BCUT2D eigenvalue weighted by atomic mass is 35.5.